The van der Waals surface area contributed by atoms with E-state index in [4.69, 9.17) is 4.74 Å². The molecule has 2 amide bonds. The van der Waals surface area contributed by atoms with Gasteiger partial charge in [-0.1, -0.05) is 51.7 Å². The second-order valence-electron chi connectivity index (χ2n) is 10.5. The van der Waals surface area contributed by atoms with Gasteiger partial charge in [-0.05, 0) is 67.6 Å². The zero-order valence-electron chi connectivity index (χ0n) is 23.8. The van der Waals surface area contributed by atoms with E-state index in [2.05, 4.69) is 45.8 Å². The fraction of sp³-hybridized carbons (Fsp3) is 0.567. The number of piperidine rings is 1. The van der Waals surface area contributed by atoms with Crippen LogP contribution in [-0.2, 0) is 16.6 Å². The van der Waals surface area contributed by atoms with Crippen molar-refractivity contribution in [3.8, 4) is 11.5 Å². The Morgan fingerprint density at radius 1 is 0.923 bits per heavy atom. The predicted molar refractivity (Wildman–Crippen MR) is 159 cm³/mol. The van der Waals surface area contributed by atoms with Gasteiger partial charge in [0, 0.05) is 44.5 Å². The number of nitrogens with zero attached hydrogens (tertiary/aromatic N) is 2. The number of benzene rings is 2. The maximum Gasteiger partial charge on any atom is 0.317 e. The molecule has 2 aromatic rings. The third-order valence-corrected chi connectivity index (χ3v) is 7.65. The summed E-state index contributed by atoms with van der Waals surface area (Å²) >= 11 is 0. The molecule has 1 fully saturated rings. The molecule has 0 unspecified atom stereocenters. The summed E-state index contributed by atoms with van der Waals surface area (Å²) in [5.74, 6) is 1.37. The molecule has 9 heteroatoms. The maximum absolute atomic E-state index is 13.0. The van der Waals surface area contributed by atoms with Crippen LogP contribution in [0.1, 0.15) is 70.8 Å². The fourth-order valence-corrected chi connectivity index (χ4v) is 5.44. The van der Waals surface area contributed by atoms with Crippen molar-refractivity contribution in [2.24, 2.45) is 0 Å². The monoisotopic (exact) mass is 558 g/mol. The predicted octanol–water partition coefficient (Wildman–Crippen LogP) is 6.21. The van der Waals surface area contributed by atoms with E-state index in [-0.39, 0.29) is 6.03 Å². The minimum Gasteiger partial charge on any atom is -0.457 e. The number of nitrogens with one attached hydrogen (secondary N) is 2. The number of carbonyl (C=O) groups is 1. The van der Waals surface area contributed by atoms with E-state index in [1.165, 1.54) is 24.8 Å². The number of likely N-dealkylation sites (tertiary alicyclic amines) is 1. The second-order valence-corrected chi connectivity index (χ2v) is 12.2. The molecule has 8 nitrogen and oxygen atoms in total. The summed E-state index contributed by atoms with van der Waals surface area (Å²) < 4.78 is 31.1. The first-order chi connectivity index (χ1) is 18.8. The molecule has 1 saturated heterocycles. The molecule has 2 aromatic carbocycles. The Bertz CT molecular complexity index is 1100. The Morgan fingerprint density at radius 2 is 1.54 bits per heavy atom. The van der Waals surface area contributed by atoms with Crippen LogP contribution in [0.3, 0.4) is 0 Å². The average molecular weight is 559 g/mol. The van der Waals surface area contributed by atoms with Crippen LogP contribution in [0.15, 0.2) is 48.5 Å². The summed E-state index contributed by atoms with van der Waals surface area (Å²) in [6.07, 6.45) is 9.91. The molecule has 39 heavy (non-hydrogen) atoms. The summed E-state index contributed by atoms with van der Waals surface area (Å²) in [6.45, 7) is 8.80. The third-order valence-electron chi connectivity index (χ3n) is 7.04. The van der Waals surface area contributed by atoms with E-state index in [9.17, 15) is 13.2 Å². The van der Waals surface area contributed by atoms with E-state index in [0.717, 1.165) is 76.8 Å². The van der Waals surface area contributed by atoms with Crippen LogP contribution in [-0.4, -0.2) is 62.7 Å². The lowest BCUT2D eigenvalue weighted by Gasteiger charge is -2.38. The van der Waals surface area contributed by atoms with Gasteiger partial charge in [-0.3, -0.25) is 9.62 Å². The zero-order valence-corrected chi connectivity index (χ0v) is 24.6. The fourth-order valence-electron chi connectivity index (χ4n) is 4.88. The number of hydrogen-bond acceptors (Lipinski definition) is 5. The molecule has 0 bridgehead atoms. The molecule has 0 saturated carbocycles. The summed E-state index contributed by atoms with van der Waals surface area (Å²) in [5, 5.41) is 3.17. The third kappa shape index (κ3) is 11.1. The normalized spacial score (nSPS) is 14.6. The summed E-state index contributed by atoms with van der Waals surface area (Å²) in [4.78, 5) is 17.5. The summed E-state index contributed by atoms with van der Waals surface area (Å²) in [6, 6.07) is 15.3. The summed E-state index contributed by atoms with van der Waals surface area (Å²) in [7, 11) is -3.30. The van der Waals surface area contributed by atoms with Crippen molar-refractivity contribution >= 4 is 21.7 Å². The first-order valence-corrected chi connectivity index (χ1v) is 16.3. The highest BCUT2D eigenvalue weighted by atomic mass is 32.2. The number of sulfonamides is 1. The van der Waals surface area contributed by atoms with Crippen molar-refractivity contribution in [2.75, 3.05) is 37.2 Å². The van der Waals surface area contributed by atoms with Crippen LogP contribution in [0.5, 0.6) is 11.5 Å². The Morgan fingerprint density at radius 3 is 2.13 bits per heavy atom. The number of unbranched alkanes of at least 4 members (excludes halogenated alkanes) is 4. The van der Waals surface area contributed by atoms with Crippen LogP contribution >= 0.6 is 0 Å². The molecule has 1 aliphatic heterocycles. The SMILES string of the molecule is CCCCCCNC(=O)N(CCCC)C1CCN(Cc2ccc(Oc3ccc(NS(C)(=O)=O)cc3)cc2)CC1. The van der Waals surface area contributed by atoms with Crippen molar-refractivity contribution < 1.29 is 17.9 Å². The number of hydrogen-bond donors (Lipinski definition) is 2. The first kappa shape index (κ1) is 30.8. The topological polar surface area (TPSA) is 91.0 Å². The molecule has 0 aromatic heterocycles. The van der Waals surface area contributed by atoms with Gasteiger partial charge >= 0.3 is 6.03 Å². The van der Waals surface area contributed by atoms with E-state index < -0.39 is 10.0 Å². The van der Waals surface area contributed by atoms with E-state index in [1.54, 1.807) is 24.3 Å². The van der Waals surface area contributed by atoms with Crippen molar-refractivity contribution in [1.82, 2.24) is 15.1 Å². The molecular formula is C30H46N4O4S. The number of urea groups is 1. The summed E-state index contributed by atoms with van der Waals surface area (Å²) in [5.41, 5.74) is 1.72. The molecular weight excluding hydrogens is 512 g/mol. The Kier molecular flexibility index (Phi) is 12.4. The number of rotatable bonds is 15. The number of ether oxygens (including phenoxy) is 1. The van der Waals surface area contributed by atoms with Crippen LogP contribution in [0.4, 0.5) is 10.5 Å². The quantitative estimate of drug-likeness (QED) is 0.254. The van der Waals surface area contributed by atoms with Gasteiger partial charge in [-0.15, -0.1) is 0 Å². The van der Waals surface area contributed by atoms with E-state index in [0.29, 0.717) is 17.5 Å². The van der Waals surface area contributed by atoms with Gasteiger partial charge in [0.05, 0.1) is 6.26 Å². The molecule has 0 radical (unpaired) electrons. The Hall–Kier alpha value is -2.78. The maximum atomic E-state index is 13.0. The van der Waals surface area contributed by atoms with Crippen molar-refractivity contribution in [1.29, 1.82) is 0 Å². The van der Waals surface area contributed by atoms with Gasteiger partial charge in [0.1, 0.15) is 11.5 Å². The zero-order chi connectivity index (χ0) is 28.1. The molecule has 2 N–H and O–H groups in total. The van der Waals surface area contributed by atoms with Crippen LogP contribution in [0.2, 0.25) is 0 Å². The van der Waals surface area contributed by atoms with Gasteiger partial charge in [0.25, 0.3) is 0 Å². The van der Waals surface area contributed by atoms with Crippen molar-refractivity contribution in [3.05, 3.63) is 54.1 Å². The molecule has 1 aliphatic rings. The molecule has 0 spiro atoms. The highest BCUT2D eigenvalue weighted by molar-refractivity contribution is 7.92. The molecule has 1 heterocycles. The van der Waals surface area contributed by atoms with Gasteiger partial charge < -0.3 is 15.0 Å². The van der Waals surface area contributed by atoms with Gasteiger partial charge in [0.15, 0.2) is 0 Å². The molecule has 3 rings (SSSR count). The number of anilines is 1. The largest absolute Gasteiger partial charge is 0.457 e. The van der Waals surface area contributed by atoms with Crippen molar-refractivity contribution in [3.63, 3.8) is 0 Å². The van der Waals surface area contributed by atoms with Gasteiger partial charge in [0.2, 0.25) is 10.0 Å². The first-order valence-electron chi connectivity index (χ1n) is 14.4. The smallest absolute Gasteiger partial charge is 0.317 e. The highest BCUT2D eigenvalue weighted by Gasteiger charge is 2.27. The van der Waals surface area contributed by atoms with E-state index >= 15 is 0 Å². The van der Waals surface area contributed by atoms with Crippen LogP contribution in [0, 0.1) is 0 Å². The van der Waals surface area contributed by atoms with E-state index in [1.807, 2.05) is 12.1 Å². The second kappa shape index (κ2) is 15.7. The van der Waals surface area contributed by atoms with Crippen molar-refractivity contribution in [2.45, 2.75) is 77.8 Å². The number of carbonyl (C=O) groups excluding carboxylic acids is 1. The lowest BCUT2D eigenvalue weighted by Crippen LogP contribution is -2.51. The van der Waals surface area contributed by atoms with Crippen LogP contribution in [0.25, 0.3) is 0 Å². The average Bonchev–Trinajstić information content (AvgIpc) is 2.91. The Balaban J connectivity index is 1.45. The van der Waals surface area contributed by atoms with Gasteiger partial charge in [-0.2, -0.15) is 0 Å². The lowest BCUT2D eigenvalue weighted by molar-refractivity contribution is 0.116. The number of amides is 2. The standard InChI is InChI=1S/C30H46N4O4S/c1-4-6-8-9-20-31-30(35)34(21-7-5-2)27-18-22-33(23-19-27)24-25-10-14-28(15-11-25)38-29-16-12-26(13-17-29)32-39(3,36)37/h10-17,27,32H,4-9,18-24H2,1-3H3,(H,31,35). The lowest BCUT2D eigenvalue weighted by atomic mass is 10.0. The van der Waals surface area contributed by atoms with Gasteiger partial charge in [-0.25, -0.2) is 13.2 Å². The van der Waals surface area contributed by atoms with Crippen LogP contribution < -0.4 is 14.8 Å². The minimum absolute atomic E-state index is 0.107. The highest BCUT2D eigenvalue weighted by Crippen LogP contribution is 2.25. The molecule has 0 atom stereocenters. The minimum atomic E-state index is -3.30. The Labute approximate surface area is 235 Å². The molecule has 216 valence electrons. The molecule has 0 aliphatic carbocycles.